The molecule has 2 heterocycles. The molecule has 146 valence electrons. The summed E-state index contributed by atoms with van der Waals surface area (Å²) >= 11 is 0. The molecule has 0 aliphatic carbocycles. The predicted molar refractivity (Wildman–Crippen MR) is 116 cm³/mol. The van der Waals surface area contributed by atoms with Crippen LogP contribution in [0.25, 0.3) is 11.3 Å². The van der Waals surface area contributed by atoms with Crippen LogP contribution in [0.1, 0.15) is 97.2 Å². The van der Waals surface area contributed by atoms with Gasteiger partial charge in [-0.1, -0.05) is 72.1 Å². The number of fused-ring (bicyclic) bond motifs is 3. The van der Waals surface area contributed by atoms with E-state index >= 15 is 0 Å². The molecule has 1 aliphatic rings. The molecule has 0 saturated carbocycles. The normalized spacial score (nSPS) is 18.1. The van der Waals surface area contributed by atoms with Crippen molar-refractivity contribution in [3.8, 4) is 11.3 Å². The number of rotatable bonds is 7. The molecule has 1 atom stereocenters. The van der Waals surface area contributed by atoms with Gasteiger partial charge in [-0.15, -0.1) is 0 Å². The summed E-state index contributed by atoms with van der Waals surface area (Å²) in [5.41, 5.74) is 6.32. The van der Waals surface area contributed by atoms with Gasteiger partial charge < -0.3 is 0 Å². The minimum absolute atomic E-state index is 0.229. The Bertz CT molecular complexity index is 783. The van der Waals surface area contributed by atoms with E-state index < -0.39 is 0 Å². The number of hydrogen-bond donors (Lipinski definition) is 0. The minimum atomic E-state index is 0.229. The zero-order valence-corrected chi connectivity index (χ0v) is 18.3. The Morgan fingerprint density at radius 1 is 1.00 bits per heavy atom. The molecule has 27 heavy (non-hydrogen) atoms. The highest BCUT2D eigenvalue weighted by molar-refractivity contribution is 5.65. The lowest BCUT2D eigenvalue weighted by molar-refractivity contribution is -0.721. The van der Waals surface area contributed by atoms with E-state index in [1.807, 2.05) is 0 Å². The third kappa shape index (κ3) is 3.35. The fourth-order valence-corrected chi connectivity index (χ4v) is 5.30. The zero-order valence-electron chi connectivity index (χ0n) is 18.3. The third-order valence-electron chi connectivity index (χ3n) is 7.39. The SMILES string of the molecule is CCCCCC(C)(C)c1cc[n+]2c(c1)-c1ccccc1C(CC)(CC)C2C. The average molecular weight is 365 g/mol. The Kier molecular flexibility index (Phi) is 5.79. The van der Waals surface area contributed by atoms with Gasteiger partial charge in [-0.3, -0.25) is 0 Å². The maximum Gasteiger partial charge on any atom is 0.213 e. The number of hydrogen-bond acceptors (Lipinski definition) is 0. The van der Waals surface area contributed by atoms with Crippen molar-refractivity contribution in [2.45, 2.75) is 96.9 Å². The quantitative estimate of drug-likeness (QED) is 0.363. The van der Waals surface area contributed by atoms with Crippen molar-refractivity contribution >= 4 is 0 Å². The number of benzene rings is 1. The summed E-state index contributed by atoms with van der Waals surface area (Å²) in [6.07, 6.45) is 9.92. The third-order valence-corrected chi connectivity index (χ3v) is 7.39. The van der Waals surface area contributed by atoms with E-state index in [4.69, 9.17) is 0 Å². The van der Waals surface area contributed by atoms with Crippen molar-refractivity contribution in [1.29, 1.82) is 0 Å². The predicted octanol–water partition coefficient (Wildman–Crippen LogP) is 7.13. The largest absolute Gasteiger partial charge is 0.213 e. The van der Waals surface area contributed by atoms with Crippen molar-refractivity contribution in [2.24, 2.45) is 0 Å². The molecule has 3 rings (SSSR count). The highest BCUT2D eigenvalue weighted by atomic mass is 15.0. The fourth-order valence-electron chi connectivity index (χ4n) is 5.30. The molecule has 1 aliphatic heterocycles. The lowest BCUT2D eigenvalue weighted by atomic mass is 9.66. The van der Waals surface area contributed by atoms with Gasteiger partial charge >= 0.3 is 0 Å². The molecule has 0 spiro atoms. The first-order chi connectivity index (χ1) is 12.9. The molecule has 0 N–H and O–H groups in total. The summed E-state index contributed by atoms with van der Waals surface area (Å²) in [5.74, 6) is 0. The summed E-state index contributed by atoms with van der Waals surface area (Å²) in [7, 11) is 0. The molecule has 1 aromatic heterocycles. The van der Waals surface area contributed by atoms with Crippen LogP contribution in [-0.2, 0) is 10.8 Å². The Hall–Kier alpha value is -1.63. The summed E-state index contributed by atoms with van der Waals surface area (Å²) in [5, 5.41) is 0. The van der Waals surface area contributed by atoms with Gasteiger partial charge in [0, 0.05) is 12.1 Å². The second-order valence-corrected chi connectivity index (χ2v) is 9.13. The molecule has 0 amide bonds. The van der Waals surface area contributed by atoms with Crippen molar-refractivity contribution in [3.63, 3.8) is 0 Å². The van der Waals surface area contributed by atoms with Crippen LogP contribution in [0.5, 0.6) is 0 Å². The highest BCUT2D eigenvalue weighted by Gasteiger charge is 2.47. The van der Waals surface area contributed by atoms with Crippen LogP contribution in [-0.4, -0.2) is 0 Å². The molecule has 0 radical (unpaired) electrons. The molecule has 1 unspecified atom stereocenters. The van der Waals surface area contributed by atoms with Crippen molar-refractivity contribution in [2.75, 3.05) is 0 Å². The van der Waals surface area contributed by atoms with E-state index in [1.54, 1.807) is 5.56 Å². The second-order valence-electron chi connectivity index (χ2n) is 9.13. The van der Waals surface area contributed by atoms with E-state index in [9.17, 15) is 0 Å². The Morgan fingerprint density at radius 3 is 2.37 bits per heavy atom. The summed E-state index contributed by atoms with van der Waals surface area (Å²) in [6.45, 7) is 14.2. The maximum atomic E-state index is 2.54. The highest BCUT2D eigenvalue weighted by Crippen LogP contribution is 2.47. The van der Waals surface area contributed by atoms with Crippen LogP contribution in [0, 0.1) is 0 Å². The van der Waals surface area contributed by atoms with E-state index in [1.165, 1.54) is 55.3 Å². The Labute approximate surface area is 166 Å². The van der Waals surface area contributed by atoms with Crippen molar-refractivity contribution < 1.29 is 4.57 Å². The first-order valence-corrected chi connectivity index (χ1v) is 11.1. The number of pyridine rings is 1. The molecule has 0 fully saturated rings. The Balaban J connectivity index is 2.10. The first-order valence-electron chi connectivity index (χ1n) is 11.1. The lowest BCUT2D eigenvalue weighted by Gasteiger charge is -2.40. The van der Waals surface area contributed by atoms with Gasteiger partial charge in [-0.2, -0.15) is 4.57 Å². The average Bonchev–Trinajstić information content (AvgIpc) is 2.69. The number of aromatic nitrogens is 1. The molecular weight excluding hydrogens is 326 g/mol. The van der Waals surface area contributed by atoms with E-state index in [-0.39, 0.29) is 10.8 Å². The summed E-state index contributed by atoms with van der Waals surface area (Å²) < 4.78 is 2.54. The smallest absolute Gasteiger partial charge is 0.195 e. The van der Waals surface area contributed by atoms with E-state index in [2.05, 4.69) is 88.7 Å². The molecule has 2 aromatic rings. The van der Waals surface area contributed by atoms with Gasteiger partial charge in [0.15, 0.2) is 12.2 Å². The van der Waals surface area contributed by atoms with Gasteiger partial charge in [-0.05, 0) is 48.8 Å². The van der Waals surface area contributed by atoms with Crippen LogP contribution in [0.4, 0.5) is 0 Å². The maximum absolute atomic E-state index is 2.54. The molecule has 0 saturated heterocycles. The van der Waals surface area contributed by atoms with Gasteiger partial charge in [0.1, 0.15) is 0 Å². The topological polar surface area (TPSA) is 3.88 Å². The Morgan fingerprint density at radius 2 is 1.70 bits per heavy atom. The second kappa shape index (κ2) is 7.78. The first kappa shape index (κ1) is 20.1. The fraction of sp³-hybridized carbons (Fsp3) is 0.577. The monoisotopic (exact) mass is 364 g/mol. The van der Waals surface area contributed by atoms with Gasteiger partial charge in [-0.25, -0.2) is 0 Å². The minimum Gasteiger partial charge on any atom is -0.195 e. The lowest BCUT2D eigenvalue weighted by Crippen LogP contribution is -2.54. The van der Waals surface area contributed by atoms with Crippen molar-refractivity contribution in [3.05, 3.63) is 53.7 Å². The van der Waals surface area contributed by atoms with E-state index in [0.29, 0.717) is 6.04 Å². The molecule has 1 nitrogen and oxygen atoms in total. The molecule has 1 aromatic carbocycles. The standard InChI is InChI=1S/C26H38N/c1-7-10-13-17-25(5,6)21-16-18-27-20(4)26(8-2,9-3)23-15-12-11-14-22(23)24(27)19-21/h11-12,14-16,18-20H,7-10,13,17H2,1-6H3/q+1. The molecule has 0 bridgehead atoms. The van der Waals surface area contributed by atoms with Crippen LogP contribution >= 0.6 is 0 Å². The van der Waals surface area contributed by atoms with Gasteiger partial charge in [0.25, 0.3) is 0 Å². The number of nitrogens with zero attached hydrogens (tertiary/aromatic N) is 1. The molecule has 1 heteroatoms. The van der Waals surface area contributed by atoms with Gasteiger partial charge in [0.2, 0.25) is 5.69 Å². The van der Waals surface area contributed by atoms with Crippen LogP contribution in [0.3, 0.4) is 0 Å². The summed E-state index contributed by atoms with van der Waals surface area (Å²) in [4.78, 5) is 0. The van der Waals surface area contributed by atoms with Crippen molar-refractivity contribution in [1.82, 2.24) is 0 Å². The molecular formula is C26H38N+. The van der Waals surface area contributed by atoms with Crippen LogP contribution < -0.4 is 4.57 Å². The van der Waals surface area contributed by atoms with E-state index in [0.717, 1.165) is 0 Å². The summed E-state index contributed by atoms with van der Waals surface area (Å²) in [6, 6.07) is 14.5. The zero-order chi connectivity index (χ0) is 19.7. The number of unbranched alkanes of at least 4 members (excludes halogenated alkanes) is 2. The van der Waals surface area contributed by atoms with Gasteiger partial charge in [0.05, 0.1) is 11.0 Å². The van der Waals surface area contributed by atoms with Crippen LogP contribution in [0.2, 0.25) is 0 Å². The van der Waals surface area contributed by atoms with Crippen LogP contribution in [0.15, 0.2) is 42.6 Å².